The number of aromatic nitrogens is 3. The Balaban J connectivity index is 2.06. The number of amides is 3. The van der Waals surface area contributed by atoms with Gasteiger partial charge in [0.2, 0.25) is 0 Å². The van der Waals surface area contributed by atoms with Crippen LogP contribution < -0.4 is 4.90 Å². The highest BCUT2D eigenvalue weighted by atomic mass is 127. The number of halogens is 1. The number of hydrogen-bond acceptors (Lipinski definition) is 9. The predicted molar refractivity (Wildman–Crippen MR) is 153 cm³/mol. The lowest BCUT2D eigenvalue weighted by molar-refractivity contribution is 0.0172. The maximum Gasteiger partial charge on any atom is 0.425 e. The SMILES string of the molecule is CC(C)(C)OC(=O)N(C(=O)OC(C)(C)C)c1ncnc2c1c(I)cn2C1CC(CO)N(C(=O)OC(C)(C)C)C1. The standard InChI is InChI=1S/C26H38IN5O7/c1-24(2,3)37-21(34)31-11-15(10-16(31)13-33)30-12-17(27)18-19(30)28-14-29-20(18)32(22(35)38-25(4,5)6)23(36)39-26(7,8)9/h12,14-16,33H,10-11,13H2,1-9H3. The van der Waals surface area contributed by atoms with Gasteiger partial charge in [0.1, 0.15) is 28.8 Å². The second-order valence-corrected chi connectivity index (χ2v) is 13.6. The largest absolute Gasteiger partial charge is 0.444 e. The second kappa shape index (κ2) is 11.1. The minimum atomic E-state index is -0.933. The first kappa shape index (κ1) is 30.9. The topological polar surface area (TPSA) is 136 Å². The summed E-state index contributed by atoms with van der Waals surface area (Å²) >= 11 is 2.09. The Morgan fingerprint density at radius 1 is 0.974 bits per heavy atom. The molecule has 2 unspecified atom stereocenters. The van der Waals surface area contributed by atoms with E-state index in [9.17, 15) is 19.5 Å². The molecule has 0 radical (unpaired) electrons. The van der Waals surface area contributed by atoms with Gasteiger partial charge in [0, 0.05) is 16.3 Å². The van der Waals surface area contributed by atoms with Crippen LogP contribution >= 0.6 is 22.6 Å². The van der Waals surface area contributed by atoms with Gasteiger partial charge in [-0.2, -0.15) is 4.90 Å². The van der Waals surface area contributed by atoms with Gasteiger partial charge in [-0.1, -0.05) is 0 Å². The van der Waals surface area contributed by atoms with Crippen molar-refractivity contribution in [2.75, 3.05) is 18.1 Å². The lowest BCUT2D eigenvalue weighted by Crippen LogP contribution is -2.44. The molecular formula is C26H38IN5O7. The fraction of sp³-hybridized carbons (Fsp3) is 0.654. The summed E-state index contributed by atoms with van der Waals surface area (Å²) in [6.07, 6.45) is 1.16. The number of hydrogen-bond donors (Lipinski definition) is 1. The number of likely N-dealkylation sites (tertiary alicyclic amines) is 1. The zero-order valence-electron chi connectivity index (χ0n) is 23.9. The first-order valence-electron chi connectivity index (χ1n) is 12.7. The van der Waals surface area contributed by atoms with Gasteiger partial charge in [-0.15, -0.1) is 0 Å². The van der Waals surface area contributed by atoms with E-state index in [1.807, 2.05) is 10.8 Å². The quantitative estimate of drug-likeness (QED) is 0.346. The zero-order chi connectivity index (χ0) is 29.5. The van der Waals surface area contributed by atoms with Gasteiger partial charge in [0.05, 0.1) is 24.1 Å². The Morgan fingerprint density at radius 2 is 1.51 bits per heavy atom. The van der Waals surface area contributed by atoms with Gasteiger partial charge in [-0.3, -0.25) is 0 Å². The number of imide groups is 1. The van der Waals surface area contributed by atoms with Crippen molar-refractivity contribution in [2.45, 2.75) is 97.6 Å². The minimum Gasteiger partial charge on any atom is -0.444 e. The third-order valence-electron chi connectivity index (χ3n) is 5.53. The second-order valence-electron chi connectivity index (χ2n) is 12.4. The van der Waals surface area contributed by atoms with Crippen LogP contribution in [0.25, 0.3) is 11.0 Å². The fourth-order valence-corrected chi connectivity index (χ4v) is 4.93. The summed E-state index contributed by atoms with van der Waals surface area (Å²) in [4.78, 5) is 50.4. The lowest BCUT2D eigenvalue weighted by Gasteiger charge is -2.28. The van der Waals surface area contributed by atoms with Gasteiger partial charge < -0.3 is 28.8 Å². The van der Waals surface area contributed by atoms with Crippen LogP contribution in [0.3, 0.4) is 0 Å². The molecule has 1 saturated heterocycles. The third-order valence-corrected chi connectivity index (χ3v) is 6.35. The van der Waals surface area contributed by atoms with Gasteiger partial charge in [0.15, 0.2) is 5.82 Å². The molecule has 0 aromatic carbocycles. The van der Waals surface area contributed by atoms with E-state index in [0.29, 0.717) is 21.0 Å². The molecule has 12 nitrogen and oxygen atoms in total. The smallest absolute Gasteiger partial charge is 0.425 e. The van der Waals surface area contributed by atoms with Gasteiger partial charge >= 0.3 is 18.3 Å². The van der Waals surface area contributed by atoms with Crippen LogP contribution in [0.1, 0.15) is 74.8 Å². The summed E-state index contributed by atoms with van der Waals surface area (Å²) in [7, 11) is 0. The molecule has 1 N–H and O–H groups in total. The number of fused-ring (bicyclic) bond motifs is 1. The summed E-state index contributed by atoms with van der Waals surface area (Å²) in [5.74, 6) is 0.0207. The van der Waals surface area contributed by atoms with Crippen LogP contribution in [-0.4, -0.2) is 78.8 Å². The lowest BCUT2D eigenvalue weighted by atomic mass is 10.2. The van der Waals surface area contributed by atoms with Crippen LogP contribution in [0.2, 0.25) is 0 Å². The number of nitrogens with zero attached hydrogens (tertiary/aromatic N) is 5. The molecule has 1 fully saturated rings. The van der Waals surface area contributed by atoms with Crippen LogP contribution in [0.4, 0.5) is 20.2 Å². The van der Waals surface area contributed by atoms with Gasteiger partial charge in [-0.05, 0) is 91.3 Å². The van der Waals surface area contributed by atoms with Crippen molar-refractivity contribution in [3.63, 3.8) is 0 Å². The highest BCUT2D eigenvalue weighted by Crippen LogP contribution is 2.37. The fourth-order valence-electron chi connectivity index (χ4n) is 4.15. The molecule has 2 aromatic rings. The van der Waals surface area contributed by atoms with Crippen molar-refractivity contribution in [3.8, 4) is 0 Å². The summed E-state index contributed by atoms with van der Waals surface area (Å²) in [6.45, 7) is 15.6. The number of ether oxygens (including phenoxy) is 3. The molecule has 1 aliphatic heterocycles. The summed E-state index contributed by atoms with van der Waals surface area (Å²) < 4.78 is 19.1. The van der Waals surface area contributed by atoms with E-state index in [1.165, 1.54) is 11.2 Å². The Kier molecular flexibility index (Phi) is 8.75. The number of aliphatic hydroxyl groups is 1. The number of rotatable bonds is 3. The van der Waals surface area contributed by atoms with Crippen molar-refractivity contribution in [1.29, 1.82) is 0 Å². The first-order chi connectivity index (χ1) is 17.8. The first-order valence-corrected chi connectivity index (χ1v) is 13.8. The van der Waals surface area contributed by atoms with Crippen molar-refractivity contribution in [3.05, 3.63) is 16.1 Å². The zero-order valence-corrected chi connectivity index (χ0v) is 26.1. The number of anilines is 1. The molecule has 2 atom stereocenters. The van der Waals surface area contributed by atoms with E-state index in [4.69, 9.17) is 14.2 Å². The number of aliphatic hydroxyl groups excluding tert-OH is 1. The highest BCUT2D eigenvalue weighted by molar-refractivity contribution is 14.1. The molecule has 216 valence electrons. The van der Waals surface area contributed by atoms with Gasteiger partial charge in [0.25, 0.3) is 0 Å². The van der Waals surface area contributed by atoms with E-state index < -0.39 is 41.1 Å². The summed E-state index contributed by atoms with van der Waals surface area (Å²) in [6, 6.07) is -0.693. The van der Waals surface area contributed by atoms with Crippen LogP contribution in [0.15, 0.2) is 12.5 Å². The Hall–Kier alpha value is -2.68. The Labute approximate surface area is 242 Å². The van der Waals surface area contributed by atoms with E-state index in [0.717, 1.165) is 4.90 Å². The maximum atomic E-state index is 13.3. The number of carbonyl (C=O) groups is 3. The average Bonchev–Trinajstić information content (AvgIpc) is 3.32. The van der Waals surface area contributed by atoms with E-state index in [1.54, 1.807) is 62.3 Å². The van der Waals surface area contributed by atoms with Crippen LogP contribution in [-0.2, 0) is 14.2 Å². The van der Waals surface area contributed by atoms with Crippen molar-refractivity contribution in [2.24, 2.45) is 0 Å². The van der Waals surface area contributed by atoms with Gasteiger partial charge in [-0.25, -0.2) is 24.4 Å². The molecule has 3 rings (SSSR count). The van der Waals surface area contributed by atoms with Crippen molar-refractivity contribution < 1.29 is 33.7 Å². The highest BCUT2D eigenvalue weighted by Gasteiger charge is 2.40. The average molecular weight is 660 g/mol. The molecule has 0 aliphatic carbocycles. The summed E-state index contributed by atoms with van der Waals surface area (Å²) in [5.41, 5.74) is -1.98. The minimum absolute atomic E-state index is 0.0207. The number of carbonyl (C=O) groups excluding carboxylic acids is 3. The Bertz CT molecular complexity index is 1210. The third kappa shape index (κ3) is 7.50. The van der Waals surface area contributed by atoms with Crippen molar-refractivity contribution in [1.82, 2.24) is 19.4 Å². The van der Waals surface area contributed by atoms with Crippen LogP contribution in [0.5, 0.6) is 0 Å². The molecule has 3 heterocycles. The van der Waals surface area contributed by atoms with E-state index >= 15 is 0 Å². The molecule has 39 heavy (non-hydrogen) atoms. The molecule has 0 spiro atoms. The summed E-state index contributed by atoms with van der Waals surface area (Å²) in [5, 5.41) is 10.4. The molecule has 0 saturated carbocycles. The Morgan fingerprint density at radius 3 is 2.00 bits per heavy atom. The molecule has 2 aromatic heterocycles. The maximum absolute atomic E-state index is 13.3. The molecule has 1 aliphatic rings. The monoisotopic (exact) mass is 659 g/mol. The molecular weight excluding hydrogens is 621 g/mol. The van der Waals surface area contributed by atoms with Crippen molar-refractivity contribution >= 4 is 57.7 Å². The van der Waals surface area contributed by atoms with E-state index in [2.05, 4.69) is 32.6 Å². The molecule has 3 amide bonds. The van der Waals surface area contributed by atoms with Crippen LogP contribution in [0, 0.1) is 3.57 Å². The molecule has 0 bridgehead atoms. The normalized spacial score (nSPS) is 18.3. The molecule has 13 heteroatoms. The predicted octanol–water partition coefficient (Wildman–Crippen LogP) is 5.26. The van der Waals surface area contributed by atoms with E-state index in [-0.39, 0.29) is 25.0 Å².